The normalized spacial score (nSPS) is 16.2. The van der Waals surface area contributed by atoms with Crippen molar-refractivity contribution in [2.75, 3.05) is 26.2 Å². The van der Waals surface area contributed by atoms with E-state index in [-0.39, 0.29) is 35.2 Å². The van der Waals surface area contributed by atoms with E-state index in [0.29, 0.717) is 19.7 Å². The molecule has 1 amide bonds. The van der Waals surface area contributed by atoms with Crippen LogP contribution in [0.1, 0.15) is 21.5 Å². The van der Waals surface area contributed by atoms with Gasteiger partial charge in [-0.15, -0.1) is 0 Å². The number of amides is 1. The Labute approximate surface area is 207 Å². The fourth-order valence-electron chi connectivity index (χ4n) is 4.40. The van der Waals surface area contributed by atoms with Gasteiger partial charge < -0.3 is 10.1 Å². The van der Waals surface area contributed by atoms with Crippen LogP contribution in [0.15, 0.2) is 82.5 Å². The largest absolute Gasteiger partial charge is 0.374 e. The minimum Gasteiger partial charge on any atom is -0.374 e. The number of aromatic amines is 1. The Morgan fingerprint density at radius 1 is 1.03 bits per heavy atom. The highest BCUT2D eigenvalue weighted by Crippen LogP contribution is 2.12. The van der Waals surface area contributed by atoms with Crippen molar-refractivity contribution in [3.63, 3.8) is 0 Å². The summed E-state index contributed by atoms with van der Waals surface area (Å²) in [7, 11) is 0. The molecule has 5 rings (SSSR count). The molecule has 2 aromatic carbocycles. The highest BCUT2D eigenvalue weighted by atomic mass is 16.5. The summed E-state index contributed by atoms with van der Waals surface area (Å²) in [6.45, 7) is 3.56. The Balaban J connectivity index is 1.27. The third-order valence-electron chi connectivity index (χ3n) is 6.24. The highest BCUT2D eigenvalue weighted by molar-refractivity contribution is 5.96. The maximum atomic E-state index is 12.9. The third-order valence-corrected chi connectivity index (χ3v) is 6.24. The highest BCUT2D eigenvalue weighted by Gasteiger charge is 2.22. The van der Waals surface area contributed by atoms with E-state index in [9.17, 15) is 14.4 Å². The number of hydrogen-bond donors (Lipinski definition) is 2. The number of hydrogen-bond acceptors (Lipinski definition) is 6. The molecule has 0 spiro atoms. The van der Waals surface area contributed by atoms with Gasteiger partial charge in [-0.25, -0.2) is 9.78 Å². The number of nitrogens with one attached hydrogen (secondary N) is 2. The fraction of sp³-hybridized carbons (Fsp3) is 0.259. The average Bonchev–Trinajstić information content (AvgIpc) is 2.91. The summed E-state index contributed by atoms with van der Waals surface area (Å²) in [6, 6.07) is 21.1. The van der Waals surface area contributed by atoms with Gasteiger partial charge in [-0.05, 0) is 17.2 Å². The van der Waals surface area contributed by atoms with Crippen LogP contribution in [-0.2, 0) is 17.8 Å². The number of carbonyl (C=O) groups excluding carboxylic acids is 1. The lowest BCUT2D eigenvalue weighted by atomic mass is 10.2. The smallest absolute Gasteiger partial charge is 0.330 e. The molecule has 0 aliphatic carbocycles. The van der Waals surface area contributed by atoms with Gasteiger partial charge in [-0.2, -0.15) is 0 Å². The molecule has 2 N–H and O–H groups in total. The molecule has 9 nitrogen and oxygen atoms in total. The lowest BCUT2D eigenvalue weighted by molar-refractivity contribution is -0.0292. The first kappa shape index (κ1) is 23.7. The van der Waals surface area contributed by atoms with Gasteiger partial charge in [-0.3, -0.25) is 24.0 Å². The van der Waals surface area contributed by atoms with Crippen molar-refractivity contribution in [1.29, 1.82) is 0 Å². The summed E-state index contributed by atoms with van der Waals surface area (Å²) >= 11 is 0. The maximum Gasteiger partial charge on any atom is 0.330 e. The zero-order valence-corrected chi connectivity index (χ0v) is 19.7. The fourth-order valence-corrected chi connectivity index (χ4v) is 4.40. The quantitative estimate of drug-likeness (QED) is 0.413. The van der Waals surface area contributed by atoms with Gasteiger partial charge in [0.1, 0.15) is 5.65 Å². The molecule has 0 bridgehead atoms. The molecule has 9 heteroatoms. The van der Waals surface area contributed by atoms with Gasteiger partial charge in [0, 0.05) is 32.4 Å². The molecule has 1 fully saturated rings. The van der Waals surface area contributed by atoms with E-state index < -0.39 is 11.2 Å². The van der Waals surface area contributed by atoms with Gasteiger partial charge in [0.05, 0.1) is 30.2 Å². The predicted molar refractivity (Wildman–Crippen MR) is 136 cm³/mol. The summed E-state index contributed by atoms with van der Waals surface area (Å²) in [6.07, 6.45) is 1.25. The van der Waals surface area contributed by atoms with Gasteiger partial charge >= 0.3 is 5.69 Å². The van der Waals surface area contributed by atoms with Crippen LogP contribution in [0.2, 0.25) is 0 Å². The molecule has 1 saturated heterocycles. The Hall–Kier alpha value is -4.08. The summed E-state index contributed by atoms with van der Waals surface area (Å²) < 4.78 is 7.24. The number of ether oxygens (including phenoxy) is 1. The van der Waals surface area contributed by atoms with Crippen LogP contribution in [0.25, 0.3) is 11.0 Å². The number of nitrogens with zero attached hydrogens (tertiary/aromatic N) is 3. The van der Waals surface area contributed by atoms with Crippen molar-refractivity contribution >= 4 is 16.9 Å². The number of morpholine rings is 1. The number of fused-ring (bicyclic) bond motifs is 1. The van der Waals surface area contributed by atoms with Gasteiger partial charge in [-0.1, -0.05) is 60.7 Å². The summed E-state index contributed by atoms with van der Waals surface area (Å²) in [4.78, 5) is 46.8. The van der Waals surface area contributed by atoms with Gasteiger partial charge in [0.25, 0.3) is 11.5 Å². The summed E-state index contributed by atoms with van der Waals surface area (Å²) in [5, 5.41) is 3.07. The molecule has 0 saturated carbocycles. The predicted octanol–water partition coefficient (Wildman–Crippen LogP) is 1.76. The number of rotatable bonds is 7. The standard InChI is InChI=1S/C27H27N5O4/c33-25(29-15-22-18-31(11-12-36-22)16-19-7-3-1-4-8-19)21-13-23-24(28-14-21)32(27(35)30-26(23)34)17-20-9-5-2-6-10-20/h1-10,13-14,22H,11-12,15-18H2,(H,29,33)(H,30,34,35). The molecule has 184 valence electrons. The van der Waals surface area contributed by atoms with Crippen molar-refractivity contribution in [2.45, 2.75) is 19.2 Å². The minimum absolute atomic E-state index is 0.140. The lowest BCUT2D eigenvalue weighted by Crippen LogP contribution is -2.47. The van der Waals surface area contributed by atoms with E-state index in [2.05, 4.69) is 32.3 Å². The number of aromatic nitrogens is 3. The Kier molecular flexibility index (Phi) is 7.01. The molecule has 1 aliphatic rings. The SMILES string of the molecule is O=C(NCC1CN(Cc2ccccc2)CCO1)c1cnc2c(c1)c(=O)[nH]c(=O)n2Cc1ccccc1. The van der Waals surface area contributed by atoms with Crippen molar-refractivity contribution in [1.82, 2.24) is 24.8 Å². The molecule has 36 heavy (non-hydrogen) atoms. The first-order valence-corrected chi connectivity index (χ1v) is 11.9. The first-order valence-electron chi connectivity index (χ1n) is 11.9. The van der Waals surface area contributed by atoms with Gasteiger partial charge in [0.15, 0.2) is 0 Å². The Morgan fingerprint density at radius 2 is 1.72 bits per heavy atom. The summed E-state index contributed by atoms with van der Waals surface area (Å²) in [5.41, 5.74) is 1.49. The number of pyridine rings is 1. The van der Waals surface area contributed by atoms with Crippen LogP contribution in [0, 0.1) is 0 Å². The molecule has 1 atom stereocenters. The second kappa shape index (κ2) is 10.7. The van der Waals surface area contributed by atoms with Crippen LogP contribution < -0.4 is 16.6 Å². The zero-order chi connectivity index (χ0) is 24.9. The van der Waals surface area contributed by atoms with Crippen molar-refractivity contribution in [3.05, 3.63) is 110 Å². The molecule has 3 heterocycles. The summed E-state index contributed by atoms with van der Waals surface area (Å²) in [5.74, 6) is -0.353. The first-order chi connectivity index (χ1) is 17.6. The van der Waals surface area contributed by atoms with Crippen molar-refractivity contribution < 1.29 is 9.53 Å². The third kappa shape index (κ3) is 5.42. The molecule has 2 aromatic heterocycles. The lowest BCUT2D eigenvalue weighted by Gasteiger charge is -2.33. The molecular formula is C27H27N5O4. The number of carbonyl (C=O) groups is 1. The van der Waals surface area contributed by atoms with Crippen LogP contribution in [0.5, 0.6) is 0 Å². The molecule has 1 aliphatic heterocycles. The zero-order valence-electron chi connectivity index (χ0n) is 19.7. The van der Waals surface area contributed by atoms with E-state index in [1.165, 1.54) is 22.4 Å². The van der Waals surface area contributed by atoms with E-state index in [1.54, 1.807) is 0 Å². The van der Waals surface area contributed by atoms with E-state index in [4.69, 9.17) is 4.74 Å². The van der Waals surface area contributed by atoms with Crippen LogP contribution >= 0.6 is 0 Å². The van der Waals surface area contributed by atoms with E-state index in [0.717, 1.165) is 18.7 Å². The second-order valence-electron chi connectivity index (χ2n) is 8.85. The van der Waals surface area contributed by atoms with E-state index in [1.807, 2.05) is 48.5 Å². The van der Waals surface area contributed by atoms with Crippen molar-refractivity contribution in [2.24, 2.45) is 0 Å². The molecule has 4 aromatic rings. The topological polar surface area (TPSA) is 109 Å². The average molecular weight is 486 g/mol. The van der Waals surface area contributed by atoms with Gasteiger partial charge in [0.2, 0.25) is 0 Å². The van der Waals surface area contributed by atoms with Crippen LogP contribution in [-0.4, -0.2) is 57.7 Å². The van der Waals surface area contributed by atoms with Crippen LogP contribution in [0.3, 0.4) is 0 Å². The maximum absolute atomic E-state index is 12.9. The second-order valence-corrected chi connectivity index (χ2v) is 8.85. The number of benzene rings is 2. The number of H-pyrrole nitrogens is 1. The molecular weight excluding hydrogens is 458 g/mol. The van der Waals surface area contributed by atoms with E-state index >= 15 is 0 Å². The molecule has 1 unspecified atom stereocenters. The Bertz CT molecular complexity index is 1470. The van der Waals surface area contributed by atoms with Crippen molar-refractivity contribution in [3.8, 4) is 0 Å². The Morgan fingerprint density at radius 3 is 2.44 bits per heavy atom. The minimum atomic E-state index is -0.575. The van der Waals surface area contributed by atoms with Crippen LogP contribution in [0.4, 0.5) is 0 Å². The monoisotopic (exact) mass is 485 g/mol. The molecule has 0 radical (unpaired) electrons.